The zero-order chi connectivity index (χ0) is 30.0. The van der Waals surface area contributed by atoms with Crippen molar-refractivity contribution in [3.63, 3.8) is 0 Å². The number of carbonyl (C=O) groups excluding carboxylic acids is 1. The second-order valence-electron chi connectivity index (χ2n) is 11.7. The van der Waals surface area contributed by atoms with Crippen LogP contribution in [0.15, 0.2) is 53.6 Å². The van der Waals surface area contributed by atoms with E-state index >= 15 is 0 Å². The molecule has 1 aliphatic carbocycles. The van der Waals surface area contributed by atoms with E-state index in [1.807, 2.05) is 19.2 Å². The van der Waals surface area contributed by atoms with E-state index in [2.05, 4.69) is 20.6 Å². The first-order valence-electron chi connectivity index (χ1n) is 14.5. The number of nitrogens with two attached hydrogens (primary N) is 1. The van der Waals surface area contributed by atoms with Crippen LogP contribution in [0.1, 0.15) is 74.3 Å². The Kier molecular flexibility index (Phi) is 8.54. The zero-order valence-corrected chi connectivity index (χ0v) is 25.0. The summed E-state index contributed by atoms with van der Waals surface area (Å²) in [4.78, 5) is 22.3. The number of hydrogen-bond acceptors (Lipinski definition) is 9. The van der Waals surface area contributed by atoms with E-state index in [1.165, 1.54) is 6.20 Å². The molecule has 3 heterocycles. The normalized spacial score (nSPS) is 22.2. The molecular weight excluding hydrogens is 554 g/mol. The number of aliphatic hydroxyl groups is 1. The molecule has 224 valence electrons. The van der Waals surface area contributed by atoms with Crippen molar-refractivity contribution in [3.05, 3.63) is 59.9 Å². The Morgan fingerprint density at radius 1 is 1.07 bits per heavy atom. The van der Waals surface area contributed by atoms with Crippen LogP contribution in [0, 0.1) is 0 Å². The van der Waals surface area contributed by atoms with Crippen LogP contribution >= 0.6 is 0 Å². The van der Waals surface area contributed by atoms with Gasteiger partial charge in [-0.05, 0) is 64.3 Å². The molecule has 42 heavy (non-hydrogen) atoms. The van der Waals surface area contributed by atoms with Crippen molar-refractivity contribution in [1.82, 2.24) is 15.3 Å². The summed E-state index contributed by atoms with van der Waals surface area (Å²) >= 11 is 0. The Morgan fingerprint density at radius 3 is 2.52 bits per heavy atom. The van der Waals surface area contributed by atoms with Gasteiger partial charge < -0.3 is 26.2 Å². The van der Waals surface area contributed by atoms with Gasteiger partial charge in [0.1, 0.15) is 5.75 Å². The second kappa shape index (κ2) is 12.0. The molecule has 1 atom stereocenters. The molecule has 6 rings (SSSR count). The van der Waals surface area contributed by atoms with Crippen molar-refractivity contribution in [2.75, 3.05) is 24.7 Å². The fourth-order valence-electron chi connectivity index (χ4n) is 5.72. The Bertz CT molecular complexity index is 1550. The topological polar surface area (TPSA) is 157 Å². The van der Waals surface area contributed by atoms with Crippen LogP contribution in [0.3, 0.4) is 0 Å². The van der Waals surface area contributed by atoms with Gasteiger partial charge in [-0.1, -0.05) is 43.5 Å². The van der Waals surface area contributed by atoms with Crippen molar-refractivity contribution in [2.24, 2.45) is 0 Å². The van der Waals surface area contributed by atoms with E-state index in [0.717, 1.165) is 31.2 Å². The van der Waals surface area contributed by atoms with Gasteiger partial charge in [-0.15, -0.1) is 0 Å². The highest BCUT2D eigenvalue weighted by atomic mass is 32.2. The van der Waals surface area contributed by atoms with Gasteiger partial charge in [0.05, 0.1) is 39.4 Å². The van der Waals surface area contributed by atoms with Crippen molar-refractivity contribution >= 4 is 27.2 Å². The van der Waals surface area contributed by atoms with Gasteiger partial charge >= 0.3 is 0 Å². The van der Waals surface area contributed by atoms with E-state index in [4.69, 9.17) is 10.5 Å². The number of nitrogen functional groups attached to an aromatic ring is 1. The molecule has 1 aromatic heterocycles. The van der Waals surface area contributed by atoms with E-state index in [1.54, 1.807) is 37.3 Å². The molecule has 3 aliphatic rings. The summed E-state index contributed by atoms with van der Waals surface area (Å²) in [7, 11) is -1.82. The number of aromatic nitrogens is 2. The molecule has 1 amide bonds. The third-order valence-electron chi connectivity index (χ3n) is 8.13. The standard InChI is InChI=1S/C31H39N5O5S/c1-30(38)14-5-3-4-6-17-41-27-22(18-33-2)8-7-9-24(27)36-29(37)26-28(32)34-19-25(35-26)21-10-12-23(13-11-21)42(39,40)31(20-30)15-16-31/h7-13,19,33,38H,3-6,14-18,20H2,1-2H3,(H2,32,34)(H,36,37)/t30-/m1/s1. The van der Waals surface area contributed by atoms with E-state index in [-0.39, 0.29) is 22.8 Å². The number of benzene rings is 2. The molecule has 0 saturated heterocycles. The van der Waals surface area contributed by atoms with Crippen LogP contribution in [0.2, 0.25) is 0 Å². The highest BCUT2D eigenvalue weighted by Gasteiger charge is 2.57. The van der Waals surface area contributed by atoms with Crippen LogP contribution in [0.25, 0.3) is 11.3 Å². The van der Waals surface area contributed by atoms with Gasteiger partial charge in [0, 0.05) is 17.7 Å². The number of para-hydroxylation sites is 1. The second-order valence-corrected chi connectivity index (χ2v) is 14.0. The number of anilines is 2. The predicted octanol–water partition coefficient (Wildman–Crippen LogP) is 4.49. The summed E-state index contributed by atoms with van der Waals surface area (Å²) in [6, 6.07) is 12.0. The highest BCUT2D eigenvalue weighted by Crippen LogP contribution is 2.52. The van der Waals surface area contributed by atoms with Gasteiger partial charge in [0.15, 0.2) is 21.3 Å². The lowest BCUT2D eigenvalue weighted by atomic mass is 9.92. The number of nitrogens with zero attached hydrogens (tertiary/aromatic N) is 2. The van der Waals surface area contributed by atoms with Gasteiger partial charge in [0.25, 0.3) is 5.91 Å². The smallest absolute Gasteiger partial charge is 0.278 e. The van der Waals surface area contributed by atoms with Crippen LogP contribution in [0.5, 0.6) is 5.75 Å². The maximum absolute atomic E-state index is 13.7. The maximum Gasteiger partial charge on any atom is 0.278 e. The highest BCUT2D eigenvalue weighted by molar-refractivity contribution is 7.93. The number of rotatable bonds is 2. The minimum atomic E-state index is -3.66. The molecule has 0 unspecified atom stereocenters. The molecule has 4 bridgehead atoms. The Labute approximate surface area is 247 Å². The van der Waals surface area contributed by atoms with Crippen LogP contribution in [-0.2, 0) is 16.4 Å². The van der Waals surface area contributed by atoms with Gasteiger partial charge in [-0.2, -0.15) is 0 Å². The number of fused-ring (bicyclic) bond motifs is 11. The monoisotopic (exact) mass is 593 g/mol. The number of ether oxygens (including phenoxy) is 1. The molecule has 3 aromatic rings. The zero-order valence-electron chi connectivity index (χ0n) is 24.2. The quantitative estimate of drug-likeness (QED) is 0.336. The molecule has 2 aliphatic heterocycles. The van der Waals surface area contributed by atoms with Crippen molar-refractivity contribution in [2.45, 2.75) is 80.1 Å². The number of carbonyl (C=O) groups is 1. The lowest BCUT2D eigenvalue weighted by Gasteiger charge is -2.29. The summed E-state index contributed by atoms with van der Waals surface area (Å²) in [5.74, 6) is 0.0262. The average molecular weight is 594 g/mol. The Balaban J connectivity index is 1.50. The van der Waals surface area contributed by atoms with E-state index < -0.39 is 26.1 Å². The largest absolute Gasteiger partial charge is 0.491 e. The molecule has 5 N–H and O–H groups in total. The fraction of sp³-hybridized carbons (Fsp3) is 0.452. The molecule has 1 spiro atoms. The summed E-state index contributed by atoms with van der Waals surface area (Å²) in [6.07, 6.45) is 6.61. The minimum Gasteiger partial charge on any atom is -0.491 e. The van der Waals surface area contributed by atoms with Gasteiger partial charge in [-0.3, -0.25) is 4.79 Å². The van der Waals surface area contributed by atoms with Crippen molar-refractivity contribution in [1.29, 1.82) is 0 Å². The van der Waals surface area contributed by atoms with Crippen LogP contribution in [0.4, 0.5) is 11.5 Å². The first-order chi connectivity index (χ1) is 20.1. The third-order valence-corrected chi connectivity index (χ3v) is 10.7. The summed E-state index contributed by atoms with van der Waals surface area (Å²) in [6.45, 7) is 2.76. The fourth-order valence-corrected chi connectivity index (χ4v) is 7.86. The van der Waals surface area contributed by atoms with Crippen molar-refractivity contribution < 1.29 is 23.1 Å². The van der Waals surface area contributed by atoms with E-state index in [9.17, 15) is 18.3 Å². The van der Waals surface area contributed by atoms with Crippen LogP contribution in [-0.4, -0.2) is 53.4 Å². The first-order valence-corrected chi connectivity index (χ1v) is 15.9. The molecule has 11 heteroatoms. The molecule has 10 nitrogen and oxygen atoms in total. The maximum atomic E-state index is 13.7. The minimum absolute atomic E-state index is 0.0264. The first kappa shape index (κ1) is 29.9. The predicted molar refractivity (Wildman–Crippen MR) is 162 cm³/mol. The van der Waals surface area contributed by atoms with Crippen molar-refractivity contribution in [3.8, 4) is 17.0 Å². The summed E-state index contributed by atoms with van der Waals surface area (Å²) in [5, 5.41) is 17.2. The summed E-state index contributed by atoms with van der Waals surface area (Å²) in [5.41, 5.74) is 7.32. The molecule has 1 fully saturated rings. The molecular formula is C31H39N5O5S. The molecule has 0 radical (unpaired) electrons. The number of amides is 1. The van der Waals surface area contributed by atoms with Gasteiger partial charge in [0.2, 0.25) is 0 Å². The van der Waals surface area contributed by atoms with Gasteiger partial charge in [-0.25, -0.2) is 18.4 Å². The Morgan fingerprint density at radius 2 is 1.81 bits per heavy atom. The lowest BCUT2D eigenvalue weighted by molar-refractivity contribution is 0.0362. The molecule has 2 aromatic carbocycles. The Hall–Kier alpha value is -3.54. The number of nitrogens with one attached hydrogen (secondary N) is 2. The average Bonchev–Trinajstić information content (AvgIpc) is 3.74. The summed E-state index contributed by atoms with van der Waals surface area (Å²) < 4.78 is 32.6. The molecule has 1 saturated carbocycles. The number of sulfone groups is 1. The number of hydrogen-bond donors (Lipinski definition) is 4. The SMILES string of the molecule is CNCc1cccc2c1OCCCCCC[C@@](C)(O)CC1(CC1)S(=O)(=O)c1ccc(cc1)-c1cnc(N)c(n1)C(=O)N2. The van der Waals surface area contributed by atoms with Crippen LogP contribution < -0.4 is 21.1 Å². The lowest BCUT2D eigenvalue weighted by Crippen LogP contribution is -2.36. The third kappa shape index (κ3) is 6.28. The van der Waals surface area contributed by atoms with E-state index in [0.29, 0.717) is 55.1 Å².